The summed E-state index contributed by atoms with van der Waals surface area (Å²) in [6.07, 6.45) is 1.77. The predicted molar refractivity (Wildman–Crippen MR) is 102 cm³/mol. The van der Waals surface area contributed by atoms with E-state index in [9.17, 15) is 14.7 Å². The number of phenolic OH excluding ortho intramolecular Hbond substituents is 1. The van der Waals surface area contributed by atoms with Crippen molar-refractivity contribution in [2.24, 2.45) is 5.10 Å². The zero-order valence-electron chi connectivity index (χ0n) is 13.9. The van der Waals surface area contributed by atoms with Crippen LogP contribution in [0.4, 0.5) is 0 Å². The van der Waals surface area contributed by atoms with Crippen molar-refractivity contribution in [3.8, 4) is 5.75 Å². The van der Waals surface area contributed by atoms with E-state index >= 15 is 0 Å². The molecule has 0 radical (unpaired) electrons. The summed E-state index contributed by atoms with van der Waals surface area (Å²) in [6, 6.07) is 14.7. The van der Waals surface area contributed by atoms with Gasteiger partial charge in [0.1, 0.15) is 12.3 Å². The minimum atomic E-state index is -0.377. The summed E-state index contributed by atoms with van der Waals surface area (Å²) in [5.74, 6) is -0.245. The summed E-state index contributed by atoms with van der Waals surface area (Å²) in [6.45, 7) is 0.483. The lowest BCUT2D eigenvalue weighted by atomic mass is 9.99. The van der Waals surface area contributed by atoms with Crippen LogP contribution in [-0.4, -0.2) is 41.1 Å². The molecule has 1 saturated heterocycles. The molecule has 2 aromatic rings. The molecule has 0 unspecified atom stereocenters. The summed E-state index contributed by atoms with van der Waals surface area (Å²) >= 11 is 3.30. The van der Waals surface area contributed by atoms with Crippen molar-refractivity contribution in [3.05, 3.63) is 64.1 Å². The molecule has 1 heterocycles. The molecule has 0 aromatic heterocycles. The van der Waals surface area contributed by atoms with Gasteiger partial charge in [0.15, 0.2) is 0 Å². The van der Waals surface area contributed by atoms with E-state index in [0.29, 0.717) is 18.5 Å². The number of hydrazone groups is 1. The Labute approximate surface area is 159 Å². The number of phenols is 1. The Kier molecular flexibility index (Phi) is 5.68. The molecule has 1 aliphatic rings. The summed E-state index contributed by atoms with van der Waals surface area (Å²) in [5.41, 5.74) is 3.97. The number of carbonyl (C=O) groups is 2. The Hall–Kier alpha value is -2.67. The zero-order chi connectivity index (χ0) is 18.5. The van der Waals surface area contributed by atoms with E-state index < -0.39 is 0 Å². The number of rotatable bonds is 5. The lowest BCUT2D eigenvalue weighted by Gasteiger charge is -2.15. The Bertz CT molecular complexity index is 839. The van der Waals surface area contributed by atoms with Crippen molar-refractivity contribution in [3.63, 3.8) is 0 Å². The molecule has 2 aromatic carbocycles. The van der Waals surface area contributed by atoms with E-state index in [0.717, 1.165) is 10.0 Å². The Balaban J connectivity index is 1.54. The maximum Gasteiger partial charge on any atom is 0.259 e. The molecule has 2 amide bonds. The average Bonchev–Trinajstić information content (AvgIpc) is 2.99. The quantitative estimate of drug-likeness (QED) is 0.581. The molecule has 0 saturated carbocycles. The van der Waals surface area contributed by atoms with Crippen molar-refractivity contribution in [1.82, 2.24) is 10.3 Å². The number of carbonyl (C=O) groups excluding carboxylic acids is 2. The highest BCUT2D eigenvalue weighted by atomic mass is 79.9. The predicted octanol–water partition coefficient (Wildman–Crippen LogP) is 2.62. The van der Waals surface area contributed by atoms with Crippen molar-refractivity contribution in [2.75, 3.05) is 13.1 Å². The van der Waals surface area contributed by atoms with Crippen LogP contribution < -0.4 is 5.43 Å². The van der Waals surface area contributed by atoms with Crippen LogP contribution in [0.1, 0.15) is 23.5 Å². The van der Waals surface area contributed by atoms with Crippen LogP contribution in [0.15, 0.2) is 58.1 Å². The highest BCUT2D eigenvalue weighted by Gasteiger charge is 2.31. The van der Waals surface area contributed by atoms with Gasteiger partial charge in [-0.05, 0) is 23.8 Å². The second-order valence-corrected chi connectivity index (χ2v) is 7.00. The summed E-state index contributed by atoms with van der Waals surface area (Å²) in [7, 11) is 0. The first-order chi connectivity index (χ1) is 12.5. The highest BCUT2D eigenvalue weighted by molar-refractivity contribution is 9.10. The summed E-state index contributed by atoms with van der Waals surface area (Å²) in [4.78, 5) is 25.7. The topological polar surface area (TPSA) is 82.0 Å². The molecule has 0 spiro atoms. The van der Waals surface area contributed by atoms with Crippen LogP contribution >= 0.6 is 15.9 Å². The minimum Gasteiger partial charge on any atom is -0.507 e. The standard InChI is InChI=1S/C19H18BrN3O3/c20-16-6-7-17(24)14(8-16)10-21-22-18(25)12-23-11-15(9-19(23)26)13-4-2-1-3-5-13/h1-8,10,15,24H,9,11-12H2,(H,22,25)/b21-10-/t15-/m0/s1. The SMILES string of the molecule is O=C(CN1C[C@@H](c2ccccc2)CC1=O)N/N=C\c1cc(Br)ccc1O. The van der Waals surface area contributed by atoms with Crippen LogP contribution in [0.5, 0.6) is 5.75 Å². The first-order valence-electron chi connectivity index (χ1n) is 8.16. The number of hydrogen-bond donors (Lipinski definition) is 2. The van der Waals surface area contributed by atoms with Crippen LogP contribution in [0.2, 0.25) is 0 Å². The molecule has 26 heavy (non-hydrogen) atoms. The monoisotopic (exact) mass is 415 g/mol. The van der Waals surface area contributed by atoms with Crippen LogP contribution in [0, 0.1) is 0 Å². The molecule has 3 rings (SSSR count). The van der Waals surface area contributed by atoms with Crippen molar-refractivity contribution in [2.45, 2.75) is 12.3 Å². The Morgan fingerprint density at radius 3 is 2.85 bits per heavy atom. The first-order valence-corrected chi connectivity index (χ1v) is 8.95. The van der Waals surface area contributed by atoms with Crippen LogP contribution in [0.3, 0.4) is 0 Å². The van der Waals surface area contributed by atoms with Gasteiger partial charge in [-0.3, -0.25) is 9.59 Å². The molecule has 134 valence electrons. The summed E-state index contributed by atoms with van der Waals surface area (Å²) < 4.78 is 0.790. The van der Waals surface area contributed by atoms with Gasteiger partial charge in [0.05, 0.1) is 6.21 Å². The lowest BCUT2D eigenvalue weighted by Crippen LogP contribution is -2.36. The number of hydrogen-bond acceptors (Lipinski definition) is 4. The summed E-state index contributed by atoms with van der Waals surface area (Å²) in [5, 5.41) is 13.6. The molecule has 7 heteroatoms. The number of aromatic hydroxyl groups is 1. The van der Waals surface area contributed by atoms with Gasteiger partial charge in [0.25, 0.3) is 5.91 Å². The Morgan fingerprint density at radius 1 is 1.31 bits per heavy atom. The lowest BCUT2D eigenvalue weighted by molar-refractivity contribution is -0.133. The van der Waals surface area contributed by atoms with Gasteiger partial charge in [0, 0.05) is 28.9 Å². The molecular weight excluding hydrogens is 398 g/mol. The normalized spacial score (nSPS) is 17.0. The first kappa shape index (κ1) is 18.1. The van der Waals surface area contributed by atoms with E-state index in [1.54, 1.807) is 17.0 Å². The maximum absolute atomic E-state index is 12.1. The molecule has 1 aliphatic heterocycles. The molecule has 0 aliphatic carbocycles. The van der Waals surface area contributed by atoms with Gasteiger partial charge in [-0.15, -0.1) is 0 Å². The fourth-order valence-electron chi connectivity index (χ4n) is 2.88. The number of nitrogens with zero attached hydrogens (tertiary/aromatic N) is 2. The second kappa shape index (κ2) is 8.14. The molecule has 6 nitrogen and oxygen atoms in total. The van der Waals surface area contributed by atoms with Gasteiger partial charge in [-0.25, -0.2) is 5.43 Å². The molecular formula is C19H18BrN3O3. The van der Waals surface area contributed by atoms with Crippen LogP contribution in [-0.2, 0) is 9.59 Å². The van der Waals surface area contributed by atoms with E-state index in [1.165, 1.54) is 12.3 Å². The van der Waals surface area contributed by atoms with Gasteiger partial charge in [-0.2, -0.15) is 5.10 Å². The van der Waals surface area contributed by atoms with E-state index in [2.05, 4.69) is 26.5 Å². The number of likely N-dealkylation sites (tertiary alicyclic amines) is 1. The third-order valence-electron chi connectivity index (χ3n) is 4.20. The smallest absolute Gasteiger partial charge is 0.259 e. The molecule has 1 atom stereocenters. The van der Waals surface area contributed by atoms with Gasteiger partial charge in [0.2, 0.25) is 5.91 Å². The van der Waals surface area contributed by atoms with Gasteiger partial charge >= 0.3 is 0 Å². The van der Waals surface area contributed by atoms with Gasteiger partial charge in [-0.1, -0.05) is 46.3 Å². The van der Waals surface area contributed by atoms with Crippen molar-refractivity contribution >= 4 is 34.0 Å². The number of nitrogens with one attached hydrogen (secondary N) is 1. The van der Waals surface area contributed by atoms with Gasteiger partial charge < -0.3 is 10.0 Å². The highest BCUT2D eigenvalue weighted by Crippen LogP contribution is 2.27. The molecule has 0 bridgehead atoms. The third kappa shape index (κ3) is 4.49. The van der Waals surface area contributed by atoms with Crippen molar-refractivity contribution in [1.29, 1.82) is 0 Å². The Morgan fingerprint density at radius 2 is 2.08 bits per heavy atom. The fraction of sp³-hybridized carbons (Fsp3) is 0.211. The van der Waals surface area contributed by atoms with E-state index in [-0.39, 0.29) is 30.0 Å². The molecule has 1 fully saturated rings. The third-order valence-corrected chi connectivity index (χ3v) is 4.70. The van der Waals surface area contributed by atoms with Crippen molar-refractivity contribution < 1.29 is 14.7 Å². The number of benzene rings is 2. The zero-order valence-corrected chi connectivity index (χ0v) is 15.5. The fourth-order valence-corrected chi connectivity index (χ4v) is 3.26. The maximum atomic E-state index is 12.1. The number of amides is 2. The largest absolute Gasteiger partial charge is 0.507 e. The average molecular weight is 416 g/mol. The van der Waals surface area contributed by atoms with Crippen LogP contribution in [0.25, 0.3) is 0 Å². The molecule has 2 N–H and O–H groups in total. The van der Waals surface area contributed by atoms with E-state index in [1.807, 2.05) is 30.3 Å². The number of halogens is 1. The second-order valence-electron chi connectivity index (χ2n) is 6.08. The minimum absolute atomic E-state index is 0.0377. The van der Waals surface area contributed by atoms with E-state index in [4.69, 9.17) is 0 Å².